The van der Waals surface area contributed by atoms with Gasteiger partial charge in [-0.3, -0.25) is 0 Å². The molecule has 1 saturated heterocycles. The number of nitrogens with one attached hydrogen (secondary N) is 1. The maximum atomic E-state index is 14.3. The lowest BCUT2D eigenvalue weighted by molar-refractivity contribution is 0.106. The predicted molar refractivity (Wildman–Crippen MR) is 81.2 cm³/mol. The molecular weight excluding hydrogens is 249 g/mol. The SMILES string of the molecule is CC1CC(C)(C)CC12CCNCC2c1ccccc1F. The molecule has 1 heterocycles. The highest BCUT2D eigenvalue weighted by molar-refractivity contribution is 5.27. The maximum Gasteiger partial charge on any atom is 0.126 e. The van der Waals surface area contributed by atoms with Crippen molar-refractivity contribution in [2.24, 2.45) is 16.7 Å². The van der Waals surface area contributed by atoms with Crippen molar-refractivity contribution in [1.82, 2.24) is 5.32 Å². The zero-order valence-corrected chi connectivity index (χ0v) is 12.9. The molecule has 1 aromatic carbocycles. The lowest BCUT2D eigenvalue weighted by Crippen LogP contribution is -2.45. The van der Waals surface area contributed by atoms with Crippen LogP contribution in [0.1, 0.15) is 51.5 Å². The van der Waals surface area contributed by atoms with E-state index in [9.17, 15) is 4.39 Å². The molecule has 1 aliphatic carbocycles. The van der Waals surface area contributed by atoms with Crippen molar-refractivity contribution >= 4 is 0 Å². The highest BCUT2D eigenvalue weighted by atomic mass is 19.1. The second-order valence-electron chi connectivity index (χ2n) is 7.71. The van der Waals surface area contributed by atoms with Gasteiger partial charge in [0.25, 0.3) is 0 Å². The largest absolute Gasteiger partial charge is 0.316 e. The zero-order valence-electron chi connectivity index (χ0n) is 12.9. The summed E-state index contributed by atoms with van der Waals surface area (Å²) in [4.78, 5) is 0. The van der Waals surface area contributed by atoms with E-state index in [2.05, 4.69) is 26.1 Å². The second-order valence-corrected chi connectivity index (χ2v) is 7.71. The molecule has 1 aliphatic heterocycles. The van der Waals surface area contributed by atoms with E-state index in [0.717, 1.165) is 18.7 Å². The van der Waals surface area contributed by atoms with Crippen LogP contribution in [0.3, 0.4) is 0 Å². The molecule has 3 rings (SSSR count). The third kappa shape index (κ3) is 2.18. The third-order valence-corrected chi connectivity index (χ3v) is 5.74. The lowest BCUT2D eigenvalue weighted by atomic mass is 9.62. The fourth-order valence-corrected chi connectivity index (χ4v) is 5.09. The summed E-state index contributed by atoms with van der Waals surface area (Å²) in [6.07, 6.45) is 3.66. The zero-order chi connectivity index (χ0) is 14.4. The number of hydrogen-bond acceptors (Lipinski definition) is 1. The van der Waals surface area contributed by atoms with Crippen LogP contribution in [0.4, 0.5) is 4.39 Å². The summed E-state index contributed by atoms with van der Waals surface area (Å²) >= 11 is 0. The predicted octanol–water partition coefficient (Wildman–Crippen LogP) is 4.35. The van der Waals surface area contributed by atoms with Gasteiger partial charge in [0.15, 0.2) is 0 Å². The van der Waals surface area contributed by atoms with Gasteiger partial charge in [-0.05, 0) is 54.2 Å². The Bertz CT molecular complexity index is 496. The van der Waals surface area contributed by atoms with Gasteiger partial charge >= 0.3 is 0 Å². The van der Waals surface area contributed by atoms with Crippen molar-refractivity contribution in [3.63, 3.8) is 0 Å². The Morgan fingerprint density at radius 2 is 2.00 bits per heavy atom. The first-order valence-electron chi connectivity index (χ1n) is 7.90. The Balaban J connectivity index is 2.02. The molecule has 1 aromatic rings. The van der Waals surface area contributed by atoms with Crippen molar-refractivity contribution in [1.29, 1.82) is 0 Å². The third-order valence-electron chi connectivity index (χ3n) is 5.74. The van der Waals surface area contributed by atoms with Gasteiger partial charge in [0.2, 0.25) is 0 Å². The summed E-state index contributed by atoms with van der Waals surface area (Å²) in [6.45, 7) is 9.12. The molecule has 20 heavy (non-hydrogen) atoms. The highest BCUT2D eigenvalue weighted by Gasteiger charge is 2.54. The molecule has 0 bridgehead atoms. The fourth-order valence-electron chi connectivity index (χ4n) is 5.09. The molecule has 1 spiro atoms. The van der Waals surface area contributed by atoms with E-state index in [1.807, 2.05) is 12.1 Å². The van der Waals surface area contributed by atoms with Crippen LogP contribution in [-0.4, -0.2) is 13.1 Å². The van der Waals surface area contributed by atoms with E-state index in [1.165, 1.54) is 19.3 Å². The molecule has 1 nitrogen and oxygen atoms in total. The van der Waals surface area contributed by atoms with E-state index >= 15 is 0 Å². The summed E-state index contributed by atoms with van der Waals surface area (Å²) in [5.41, 5.74) is 1.58. The second kappa shape index (κ2) is 4.84. The van der Waals surface area contributed by atoms with Crippen LogP contribution in [0.25, 0.3) is 0 Å². The monoisotopic (exact) mass is 275 g/mol. The van der Waals surface area contributed by atoms with Gasteiger partial charge in [-0.1, -0.05) is 39.0 Å². The maximum absolute atomic E-state index is 14.3. The molecule has 110 valence electrons. The minimum absolute atomic E-state index is 0.0301. The van der Waals surface area contributed by atoms with Crippen molar-refractivity contribution in [2.75, 3.05) is 13.1 Å². The molecule has 0 radical (unpaired) electrons. The molecule has 2 aliphatic rings. The molecule has 1 saturated carbocycles. The van der Waals surface area contributed by atoms with Crippen LogP contribution in [0.5, 0.6) is 0 Å². The lowest BCUT2D eigenvalue weighted by Gasteiger charge is -2.46. The van der Waals surface area contributed by atoms with E-state index in [0.29, 0.717) is 17.3 Å². The average molecular weight is 275 g/mol. The molecule has 1 N–H and O–H groups in total. The number of halogens is 1. The Kier molecular flexibility index (Phi) is 3.40. The van der Waals surface area contributed by atoms with E-state index in [4.69, 9.17) is 0 Å². The van der Waals surface area contributed by atoms with Crippen molar-refractivity contribution in [3.05, 3.63) is 35.6 Å². The summed E-state index contributed by atoms with van der Waals surface area (Å²) in [5.74, 6) is 0.955. The molecule has 3 unspecified atom stereocenters. The number of hydrogen-bond donors (Lipinski definition) is 1. The first-order chi connectivity index (χ1) is 9.45. The first-order valence-corrected chi connectivity index (χ1v) is 7.90. The van der Waals surface area contributed by atoms with Crippen LogP contribution in [-0.2, 0) is 0 Å². The van der Waals surface area contributed by atoms with Gasteiger partial charge < -0.3 is 5.32 Å². The van der Waals surface area contributed by atoms with E-state index < -0.39 is 0 Å². The van der Waals surface area contributed by atoms with Crippen molar-refractivity contribution < 1.29 is 4.39 Å². The highest BCUT2D eigenvalue weighted by Crippen LogP contribution is 2.61. The number of rotatable bonds is 1. The topological polar surface area (TPSA) is 12.0 Å². The average Bonchev–Trinajstić information content (AvgIpc) is 2.61. The van der Waals surface area contributed by atoms with Crippen LogP contribution >= 0.6 is 0 Å². The minimum Gasteiger partial charge on any atom is -0.316 e. The van der Waals surface area contributed by atoms with Crippen molar-refractivity contribution in [3.8, 4) is 0 Å². The van der Waals surface area contributed by atoms with Gasteiger partial charge in [0, 0.05) is 12.5 Å². The molecule has 3 atom stereocenters. The molecule has 0 amide bonds. The number of piperidine rings is 1. The molecule has 2 heteroatoms. The molecular formula is C18H26FN. The summed E-state index contributed by atoms with van der Waals surface area (Å²) in [6, 6.07) is 7.38. The summed E-state index contributed by atoms with van der Waals surface area (Å²) < 4.78 is 14.3. The van der Waals surface area contributed by atoms with Gasteiger partial charge in [-0.2, -0.15) is 0 Å². The molecule has 0 aromatic heterocycles. The fraction of sp³-hybridized carbons (Fsp3) is 0.667. The van der Waals surface area contributed by atoms with Crippen LogP contribution in [0.15, 0.2) is 24.3 Å². The summed E-state index contributed by atoms with van der Waals surface area (Å²) in [5, 5.41) is 3.49. The van der Waals surface area contributed by atoms with Gasteiger partial charge in [0.1, 0.15) is 5.82 Å². The van der Waals surface area contributed by atoms with E-state index in [1.54, 1.807) is 12.1 Å². The Morgan fingerprint density at radius 3 is 2.65 bits per heavy atom. The van der Waals surface area contributed by atoms with Crippen LogP contribution in [0.2, 0.25) is 0 Å². The Morgan fingerprint density at radius 1 is 1.25 bits per heavy atom. The van der Waals surface area contributed by atoms with E-state index in [-0.39, 0.29) is 11.2 Å². The standard InChI is InChI=1S/C18H26FN/c1-13-10-17(2,3)12-18(13)8-9-20-11-15(18)14-6-4-5-7-16(14)19/h4-7,13,15,20H,8-12H2,1-3H3. The Hall–Kier alpha value is -0.890. The van der Waals surface area contributed by atoms with Gasteiger partial charge in [-0.25, -0.2) is 4.39 Å². The Labute approximate surface area is 122 Å². The van der Waals surface area contributed by atoms with Gasteiger partial charge in [0.05, 0.1) is 0 Å². The van der Waals surface area contributed by atoms with Crippen molar-refractivity contribution in [2.45, 2.75) is 46.0 Å². The van der Waals surface area contributed by atoms with Crippen LogP contribution in [0, 0.1) is 22.6 Å². The quantitative estimate of drug-likeness (QED) is 0.803. The normalized spacial score (nSPS) is 36.4. The number of benzene rings is 1. The molecule has 2 fully saturated rings. The minimum atomic E-state index is -0.0301. The van der Waals surface area contributed by atoms with Crippen LogP contribution < -0.4 is 5.32 Å². The van der Waals surface area contributed by atoms with Gasteiger partial charge in [-0.15, -0.1) is 0 Å². The smallest absolute Gasteiger partial charge is 0.126 e. The summed E-state index contributed by atoms with van der Waals surface area (Å²) in [7, 11) is 0. The first kappa shape index (κ1) is 14.1.